The number of amides is 1. The average Bonchev–Trinajstić information content (AvgIpc) is 2.92. The van der Waals surface area contributed by atoms with Crippen molar-refractivity contribution >= 4 is 28.4 Å². The van der Waals surface area contributed by atoms with Crippen molar-refractivity contribution in [3.8, 4) is 0 Å². The number of pyridine rings is 1. The fraction of sp³-hybridized carbons (Fsp3) is 0.235. The van der Waals surface area contributed by atoms with Crippen molar-refractivity contribution < 1.29 is 18.0 Å². The van der Waals surface area contributed by atoms with Gasteiger partial charge >= 0.3 is 6.30 Å². The lowest BCUT2D eigenvalue weighted by atomic mass is 10.1. The van der Waals surface area contributed by atoms with Crippen LogP contribution in [0.25, 0.3) is 10.9 Å². The number of carbonyl (C=O) groups excluding carboxylic acids is 1. The number of aromatic nitrogens is 3. The van der Waals surface area contributed by atoms with Gasteiger partial charge in [-0.25, -0.2) is 4.90 Å². The Morgan fingerprint density at radius 2 is 2.04 bits per heavy atom. The van der Waals surface area contributed by atoms with E-state index in [1.807, 2.05) is 0 Å². The van der Waals surface area contributed by atoms with Crippen molar-refractivity contribution in [3.05, 3.63) is 59.0 Å². The van der Waals surface area contributed by atoms with Crippen LogP contribution in [-0.4, -0.2) is 31.9 Å². The molecule has 0 aliphatic rings. The van der Waals surface area contributed by atoms with E-state index in [4.69, 9.17) is 11.6 Å². The summed E-state index contributed by atoms with van der Waals surface area (Å²) in [5, 5.41) is 4.47. The standard InChI is InChI=1S/C17H14ClF3N4O/c1-10(13-9-23-24(2)15(13)18)25(17(19,20)21)16(26)12-5-6-14-11(8-12)4-3-7-22-14/h3-10H,1-2H3/t10-/m0/s1. The van der Waals surface area contributed by atoms with Crippen LogP contribution in [0.15, 0.2) is 42.7 Å². The SMILES string of the molecule is C[C@@H](c1cnn(C)c1Cl)N(C(=O)c1ccc2ncccc2c1)C(F)(F)F. The highest BCUT2D eigenvalue weighted by atomic mass is 35.5. The second kappa shape index (κ2) is 6.60. The van der Waals surface area contributed by atoms with Gasteiger partial charge in [0.1, 0.15) is 5.15 Å². The Hall–Kier alpha value is -2.61. The number of hydrogen-bond acceptors (Lipinski definition) is 3. The van der Waals surface area contributed by atoms with E-state index in [1.54, 1.807) is 18.3 Å². The topological polar surface area (TPSA) is 51.0 Å². The summed E-state index contributed by atoms with van der Waals surface area (Å²) in [6, 6.07) is 6.22. The number of benzene rings is 1. The van der Waals surface area contributed by atoms with Crippen molar-refractivity contribution in [2.75, 3.05) is 0 Å². The third-order valence-corrected chi connectivity index (χ3v) is 4.53. The summed E-state index contributed by atoms with van der Waals surface area (Å²) in [4.78, 5) is 16.6. The molecular formula is C17H14ClF3N4O. The molecule has 1 amide bonds. The van der Waals surface area contributed by atoms with Crippen LogP contribution < -0.4 is 0 Å². The zero-order valence-electron chi connectivity index (χ0n) is 13.8. The second-order valence-corrected chi connectivity index (χ2v) is 6.10. The van der Waals surface area contributed by atoms with Crippen molar-refractivity contribution in [1.82, 2.24) is 19.7 Å². The predicted molar refractivity (Wildman–Crippen MR) is 90.6 cm³/mol. The van der Waals surface area contributed by atoms with Crippen LogP contribution in [-0.2, 0) is 7.05 Å². The van der Waals surface area contributed by atoms with Crippen molar-refractivity contribution in [2.24, 2.45) is 7.05 Å². The summed E-state index contributed by atoms with van der Waals surface area (Å²) >= 11 is 6.01. The smallest absolute Gasteiger partial charge is 0.269 e. The van der Waals surface area contributed by atoms with Crippen LogP contribution in [0.4, 0.5) is 13.2 Å². The van der Waals surface area contributed by atoms with E-state index in [9.17, 15) is 18.0 Å². The third kappa shape index (κ3) is 3.24. The van der Waals surface area contributed by atoms with Gasteiger partial charge in [0, 0.05) is 29.8 Å². The average molecular weight is 383 g/mol. The number of nitrogens with zero attached hydrogens (tertiary/aromatic N) is 4. The molecular weight excluding hydrogens is 369 g/mol. The number of fused-ring (bicyclic) bond motifs is 1. The normalized spacial score (nSPS) is 13.0. The van der Waals surface area contributed by atoms with Gasteiger partial charge in [0.2, 0.25) is 0 Å². The molecule has 3 rings (SSSR count). The molecule has 0 aliphatic heterocycles. The van der Waals surface area contributed by atoms with Gasteiger partial charge in [-0.05, 0) is 31.2 Å². The minimum absolute atomic E-state index is 0.0438. The van der Waals surface area contributed by atoms with Gasteiger partial charge in [-0.3, -0.25) is 14.5 Å². The number of halogens is 4. The minimum atomic E-state index is -4.89. The number of alkyl halides is 3. The molecule has 0 bridgehead atoms. The molecule has 9 heteroatoms. The molecule has 1 atom stereocenters. The summed E-state index contributed by atoms with van der Waals surface area (Å²) in [7, 11) is 1.51. The first-order chi connectivity index (χ1) is 12.2. The van der Waals surface area contributed by atoms with E-state index >= 15 is 0 Å². The molecule has 136 valence electrons. The van der Waals surface area contributed by atoms with Gasteiger partial charge < -0.3 is 0 Å². The maximum atomic E-state index is 13.7. The van der Waals surface area contributed by atoms with Gasteiger partial charge in [0.15, 0.2) is 0 Å². The highest BCUT2D eigenvalue weighted by molar-refractivity contribution is 6.30. The van der Waals surface area contributed by atoms with Crippen LogP contribution in [0.2, 0.25) is 5.15 Å². The van der Waals surface area contributed by atoms with Crippen molar-refractivity contribution in [1.29, 1.82) is 0 Å². The van der Waals surface area contributed by atoms with Crippen molar-refractivity contribution in [2.45, 2.75) is 19.3 Å². The van der Waals surface area contributed by atoms with Crippen LogP contribution >= 0.6 is 11.6 Å². The molecule has 0 spiro atoms. The summed E-state index contributed by atoms with van der Waals surface area (Å²) < 4.78 is 42.2. The van der Waals surface area contributed by atoms with Crippen LogP contribution in [0.3, 0.4) is 0 Å². The first-order valence-corrected chi connectivity index (χ1v) is 8.00. The molecule has 0 fully saturated rings. The summed E-state index contributed by atoms with van der Waals surface area (Å²) in [6.07, 6.45) is -2.10. The molecule has 0 saturated carbocycles. The molecule has 0 saturated heterocycles. The van der Waals surface area contributed by atoms with Crippen LogP contribution in [0.5, 0.6) is 0 Å². The summed E-state index contributed by atoms with van der Waals surface area (Å²) in [5.41, 5.74) is 0.614. The first-order valence-electron chi connectivity index (χ1n) is 7.62. The number of carbonyl (C=O) groups is 1. The summed E-state index contributed by atoms with van der Waals surface area (Å²) in [6.45, 7) is 1.26. The van der Waals surface area contributed by atoms with E-state index in [0.29, 0.717) is 10.9 Å². The Morgan fingerprint density at radius 1 is 1.31 bits per heavy atom. The molecule has 26 heavy (non-hydrogen) atoms. The highest BCUT2D eigenvalue weighted by Gasteiger charge is 2.45. The van der Waals surface area contributed by atoms with Crippen molar-refractivity contribution in [3.63, 3.8) is 0 Å². The molecule has 3 aromatic rings. The Kier molecular flexibility index (Phi) is 4.62. The number of rotatable bonds is 3. The molecule has 0 unspecified atom stereocenters. The Labute approximate surface area is 152 Å². The van der Waals surface area contributed by atoms with Gasteiger partial charge in [0.05, 0.1) is 17.8 Å². The molecule has 1 aromatic carbocycles. The molecule has 0 N–H and O–H groups in total. The monoisotopic (exact) mass is 382 g/mol. The summed E-state index contributed by atoms with van der Waals surface area (Å²) in [5.74, 6) is -1.17. The molecule has 2 heterocycles. The van der Waals surface area contributed by atoms with E-state index in [2.05, 4.69) is 10.1 Å². The zero-order chi connectivity index (χ0) is 19.1. The fourth-order valence-electron chi connectivity index (χ4n) is 2.72. The van der Waals surface area contributed by atoms with Gasteiger partial charge in [-0.2, -0.15) is 5.10 Å². The van der Waals surface area contributed by atoms with Crippen LogP contribution in [0.1, 0.15) is 28.9 Å². The number of hydrogen-bond donors (Lipinski definition) is 0. The lowest BCUT2D eigenvalue weighted by Crippen LogP contribution is -2.44. The van der Waals surface area contributed by atoms with Crippen LogP contribution in [0, 0.1) is 0 Å². The molecule has 2 aromatic heterocycles. The lowest BCUT2D eigenvalue weighted by molar-refractivity contribution is -0.235. The highest BCUT2D eigenvalue weighted by Crippen LogP contribution is 2.36. The van der Waals surface area contributed by atoms with E-state index in [1.165, 1.54) is 43.0 Å². The maximum absolute atomic E-state index is 13.7. The Balaban J connectivity index is 2.04. The Bertz CT molecular complexity index is 970. The second-order valence-electron chi connectivity index (χ2n) is 5.74. The molecule has 0 aliphatic carbocycles. The molecule has 5 nitrogen and oxygen atoms in total. The maximum Gasteiger partial charge on any atom is 0.487 e. The predicted octanol–water partition coefficient (Wildman–Crippen LogP) is 4.34. The largest absolute Gasteiger partial charge is 0.487 e. The van der Waals surface area contributed by atoms with E-state index in [-0.39, 0.29) is 21.2 Å². The number of aryl methyl sites for hydroxylation is 1. The zero-order valence-corrected chi connectivity index (χ0v) is 14.6. The van der Waals surface area contributed by atoms with E-state index in [0.717, 1.165) is 0 Å². The van der Waals surface area contributed by atoms with Gasteiger partial charge in [-0.1, -0.05) is 17.7 Å². The van der Waals surface area contributed by atoms with E-state index < -0.39 is 18.2 Å². The van der Waals surface area contributed by atoms with Gasteiger partial charge in [-0.15, -0.1) is 13.2 Å². The third-order valence-electron chi connectivity index (χ3n) is 4.07. The fourth-order valence-corrected chi connectivity index (χ4v) is 2.97. The lowest BCUT2D eigenvalue weighted by Gasteiger charge is -2.30. The van der Waals surface area contributed by atoms with Gasteiger partial charge in [0.25, 0.3) is 5.91 Å². The quantitative estimate of drug-likeness (QED) is 0.633. The minimum Gasteiger partial charge on any atom is -0.269 e. The first kappa shape index (κ1) is 18.2. The molecule has 0 radical (unpaired) electrons. The Morgan fingerprint density at radius 3 is 2.65 bits per heavy atom.